The fourth-order valence-electron chi connectivity index (χ4n) is 1.52. The minimum atomic E-state index is -0.942. The number of nitrogens with one attached hydrogen (secondary N) is 1. The molecule has 1 aromatic carbocycles. The minimum Gasteiger partial charge on any atom is -0.490 e. The Kier molecular flexibility index (Phi) is 3.66. The number of benzene rings is 1. The number of fused-ring (bicyclic) bond motifs is 1. The molecule has 0 bridgehead atoms. The van der Waals surface area contributed by atoms with Crippen LogP contribution in [0.1, 0.15) is 6.42 Å². The van der Waals surface area contributed by atoms with E-state index in [4.69, 9.17) is 9.47 Å². The van der Waals surface area contributed by atoms with E-state index < -0.39 is 11.9 Å². The highest BCUT2D eigenvalue weighted by molar-refractivity contribution is 6.37. The number of anilines is 1. The van der Waals surface area contributed by atoms with Gasteiger partial charge in [-0.1, -0.05) is 0 Å². The Morgan fingerprint density at radius 2 is 1.94 bits per heavy atom. The minimum absolute atomic E-state index is 0.453. The van der Waals surface area contributed by atoms with Crippen LogP contribution in [0.15, 0.2) is 18.2 Å². The van der Waals surface area contributed by atoms with E-state index in [1.165, 1.54) is 0 Å². The van der Waals surface area contributed by atoms with Crippen LogP contribution in [0.3, 0.4) is 0 Å². The third-order valence-corrected chi connectivity index (χ3v) is 2.38. The molecule has 96 valence electrons. The number of carbonyl (C=O) groups excluding carboxylic acids is 2. The molecule has 1 heterocycles. The van der Waals surface area contributed by atoms with E-state index in [9.17, 15) is 9.59 Å². The smallest absolute Gasteiger partial charge is 0.396 e. The van der Waals surface area contributed by atoms with E-state index in [1.54, 1.807) is 18.2 Å². The fraction of sp³-hybridized carbons (Fsp3) is 0.333. The van der Waals surface area contributed by atoms with Crippen LogP contribution in [0.5, 0.6) is 11.5 Å². The number of rotatable bonds is 1. The van der Waals surface area contributed by atoms with Crippen LogP contribution in [0, 0.1) is 0 Å². The van der Waals surface area contributed by atoms with Crippen molar-refractivity contribution in [3.8, 4) is 11.5 Å². The summed E-state index contributed by atoms with van der Waals surface area (Å²) in [7, 11) is 1.15. The van der Waals surface area contributed by atoms with Crippen molar-refractivity contribution in [2.75, 3.05) is 25.6 Å². The van der Waals surface area contributed by atoms with Crippen LogP contribution >= 0.6 is 0 Å². The second kappa shape index (κ2) is 5.39. The lowest BCUT2D eigenvalue weighted by molar-refractivity contribution is -0.150. The van der Waals surface area contributed by atoms with Crippen molar-refractivity contribution in [1.29, 1.82) is 0 Å². The predicted molar refractivity (Wildman–Crippen MR) is 62.7 cm³/mol. The van der Waals surface area contributed by atoms with Gasteiger partial charge in [0, 0.05) is 18.2 Å². The van der Waals surface area contributed by atoms with Gasteiger partial charge in [0.25, 0.3) is 0 Å². The van der Waals surface area contributed by atoms with Crippen molar-refractivity contribution < 1.29 is 23.8 Å². The van der Waals surface area contributed by atoms with Gasteiger partial charge in [0.2, 0.25) is 0 Å². The zero-order valence-corrected chi connectivity index (χ0v) is 9.89. The van der Waals surface area contributed by atoms with Gasteiger partial charge in [-0.25, -0.2) is 4.79 Å². The van der Waals surface area contributed by atoms with Crippen LogP contribution in [0.25, 0.3) is 0 Å². The number of carbonyl (C=O) groups is 2. The number of ether oxygens (including phenoxy) is 3. The molecule has 0 saturated heterocycles. The summed E-state index contributed by atoms with van der Waals surface area (Å²) in [5.74, 6) is -0.590. The maximum Gasteiger partial charge on any atom is 0.396 e. The molecule has 1 aliphatic rings. The molecule has 2 rings (SSSR count). The molecule has 0 radical (unpaired) electrons. The third-order valence-electron chi connectivity index (χ3n) is 2.38. The molecule has 18 heavy (non-hydrogen) atoms. The molecule has 0 atom stereocenters. The highest BCUT2D eigenvalue weighted by atomic mass is 16.5. The summed E-state index contributed by atoms with van der Waals surface area (Å²) >= 11 is 0. The molecular weight excluding hydrogens is 238 g/mol. The molecule has 1 N–H and O–H groups in total. The Morgan fingerprint density at radius 3 is 2.67 bits per heavy atom. The summed E-state index contributed by atoms with van der Waals surface area (Å²) in [6.07, 6.45) is 0.804. The molecule has 0 aromatic heterocycles. The highest BCUT2D eigenvalue weighted by Crippen LogP contribution is 2.32. The topological polar surface area (TPSA) is 73.9 Å². The van der Waals surface area contributed by atoms with Gasteiger partial charge in [-0.05, 0) is 12.1 Å². The Balaban J connectivity index is 2.13. The monoisotopic (exact) mass is 251 g/mol. The molecule has 1 aromatic rings. The van der Waals surface area contributed by atoms with E-state index in [1.807, 2.05) is 0 Å². The number of hydrogen-bond acceptors (Lipinski definition) is 5. The summed E-state index contributed by atoms with van der Waals surface area (Å²) in [6.45, 7) is 1.16. The second-order valence-corrected chi connectivity index (χ2v) is 3.66. The SMILES string of the molecule is COC(=O)C(=O)Nc1ccc2c(c1)OCCCO2. The first kappa shape index (κ1) is 12.2. The number of esters is 1. The molecule has 6 heteroatoms. The highest BCUT2D eigenvalue weighted by Gasteiger charge is 2.16. The van der Waals surface area contributed by atoms with Crippen molar-refractivity contribution in [1.82, 2.24) is 0 Å². The van der Waals surface area contributed by atoms with Gasteiger partial charge in [0.05, 0.1) is 20.3 Å². The molecule has 1 amide bonds. The molecule has 0 saturated carbocycles. The van der Waals surface area contributed by atoms with Gasteiger partial charge in [-0.3, -0.25) is 4.79 Å². The van der Waals surface area contributed by atoms with Crippen molar-refractivity contribution in [3.63, 3.8) is 0 Å². The largest absolute Gasteiger partial charge is 0.490 e. The second-order valence-electron chi connectivity index (χ2n) is 3.66. The van der Waals surface area contributed by atoms with Crippen LogP contribution in [0.2, 0.25) is 0 Å². The molecule has 0 fully saturated rings. The molecule has 1 aliphatic heterocycles. The van der Waals surface area contributed by atoms with E-state index in [2.05, 4.69) is 10.1 Å². The molecule has 0 aliphatic carbocycles. The average molecular weight is 251 g/mol. The Hall–Kier alpha value is -2.24. The first-order chi connectivity index (χ1) is 8.70. The van der Waals surface area contributed by atoms with Gasteiger partial charge < -0.3 is 19.5 Å². The zero-order valence-electron chi connectivity index (χ0n) is 9.89. The fourth-order valence-corrected chi connectivity index (χ4v) is 1.52. The Morgan fingerprint density at radius 1 is 1.22 bits per heavy atom. The molecule has 6 nitrogen and oxygen atoms in total. The van der Waals surface area contributed by atoms with Crippen molar-refractivity contribution in [2.24, 2.45) is 0 Å². The Labute approximate surface area is 104 Å². The van der Waals surface area contributed by atoms with Gasteiger partial charge >= 0.3 is 11.9 Å². The van der Waals surface area contributed by atoms with Crippen LogP contribution in [-0.4, -0.2) is 32.2 Å². The third kappa shape index (κ3) is 2.71. The zero-order chi connectivity index (χ0) is 13.0. The van der Waals surface area contributed by atoms with Crippen LogP contribution in [-0.2, 0) is 14.3 Å². The Bertz CT molecular complexity index is 472. The van der Waals surface area contributed by atoms with Crippen LogP contribution in [0.4, 0.5) is 5.69 Å². The average Bonchev–Trinajstić information content (AvgIpc) is 2.62. The molecule has 0 unspecified atom stereocenters. The summed E-state index contributed by atoms with van der Waals surface area (Å²) in [6, 6.07) is 4.93. The quantitative estimate of drug-likeness (QED) is 0.594. The summed E-state index contributed by atoms with van der Waals surface area (Å²) < 4.78 is 15.2. The predicted octanol–water partition coefficient (Wildman–Crippen LogP) is 0.959. The summed E-state index contributed by atoms with van der Waals surface area (Å²) in [4.78, 5) is 22.3. The lowest BCUT2D eigenvalue weighted by atomic mass is 10.2. The lowest BCUT2D eigenvalue weighted by Gasteiger charge is -2.09. The number of methoxy groups -OCH3 is 1. The first-order valence-corrected chi connectivity index (χ1v) is 5.49. The van der Waals surface area contributed by atoms with Crippen molar-refractivity contribution >= 4 is 17.6 Å². The van der Waals surface area contributed by atoms with E-state index in [0.29, 0.717) is 30.4 Å². The van der Waals surface area contributed by atoms with Gasteiger partial charge in [0.1, 0.15) is 0 Å². The molecular formula is C12H13NO5. The number of amides is 1. The molecule has 0 spiro atoms. The normalized spacial score (nSPS) is 13.4. The standard InChI is InChI=1S/C12H13NO5/c1-16-12(15)11(14)13-8-3-4-9-10(7-8)18-6-2-5-17-9/h3-4,7H,2,5-6H2,1H3,(H,13,14). The van der Waals surface area contributed by atoms with E-state index in [0.717, 1.165) is 13.5 Å². The van der Waals surface area contributed by atoms with Gasteiger partial charge in [0.15, 0.2) is 11.5 Å². The van der Waals surface area contributed by atoms with Crippen molar-refractivity contribution in [2.45, 2.75) is 6.42 Å². The van der Waals surface area contributed by atoms with Gasteiger partial charge in [-0.2, -0.15) is 0 Å². The summed E-state index contributed by atoms with van der Waals surface area (Å²) in [5.41, 5.74) is 0.453. The van der Waals surface area contributed by atoms with E-state index in [-0.39, 0.29) is 0 Å². The van der Waals surface area contributed by atoms with Crippen LogP contribution < -0.4 is 14.8 Å². The van der Waals surface area contributed by atoms with Crippen molar-refractivity contribution in [3.05, 3.63) is 18.2 Å². The first-order valence-electron chi connectivity index (χ1n) is 5.49. The maximum absolute atomic E-state index is 11.3. The number of hydrogen-bond donors (Lipinski definition) is 1. The van der Waals surface area contributed by atoms with E-state index >= 15 is 0 Å². The summed E-state index contributed by atoms with van der Waals surface area (Å²) in [5, 5.41) is 2.41. The maximum atomic E-state index is 11.3. The van der Waals surface area contributed by atoms with Gasteiger partial charge in [-0.15, -0.1) is 0 Å². The lowest BCUT2D eigenvalue weighted by Crippen LogP contribution is -2.23.